The number of nitrogens with zero attached hydrogens (tertiary/aromatic N) is 3. The number of rotatable bonds is 10. The summed E-state index contributed by atoms with van der Waals surface area (Å²) in [6, 6.07) is 21.0. The number of fused-ring (bicyclic) bond motifs is 1. The molecule has 2 N–H and O–H groups in total. The number of thioether (sulfide) groups is 1. The first kappa shape index (κ1) is 27.3. The minimum atomic E-state index is -0.591. The van der Waals surface area contributed by atoms with Crippen molar-refractivity contribution in [2.45, 2.75) is 37.7 Å². The smallest absolute Gasteiger partial charge is 0.255 e. The normalized spacial score (nSPS) is 14.3. The molecule has 1 aliphatic heterocycles. The van der Waals surface area contributed by atoms with Crippen molar-refractivity contribution >= 4 is 29.3 Å². The van der Waals surface area contributed by atoms with Crippen LogP contribution in [0.15, 0.2) is 89.2 Å². The molecule has 0 saturated carbocycles. The molecule has 40 heavy (non-hydrogen) atoms. The maximum atomic E-state index is 14.2. The first-order chi connectivity index (χ1) is 19.5. The van der Waals surface area contributed by atoms with Crippen LogP contribution in [0.1, 0.15) is 37.9 Å². The highest BCUT2D eigenvalue weighted by Gasteiger charge is 2.35. The van der Waals surface area contributed by atoms with Gasteiger partial charge in [0.1, 0.15) is 23.4 Å². The fourth-order valence-electron chi connectivity index (χ4n) is 4.53. The van der Waals surface area contributed by atoms with E-state index in [2.05, 4.69) is 15.6 Å². The van der Waals surface area contributed by atoms with E-state index in [9.17, 15) is 9.18 Å². The molecule has 3 aromatic carbocycles. The van der Waals surface area contributed by atoms with Gasteiger partial charge >= 0.3 is 0 Å². The van der Waals surface area contributed by atoms with Crippen LogP contribution in [0.2, 0.25) is 0 Å². The Hall–Kier alpha value is -4.31. The van der Waals surface area contributed by atoms with Crippen LogP contribution in [-0.2, 0) is 10.5 Å². The summed E-state index contributed by atoms with van der Waals surface area (Å²) < 4.78 is 27.4. The molecule has 2 heterocycles. The number of nitrogens with one attached hydrogen (secondary N) is 2. The lowest BCUT2D eigenvalue weighted by Crippen LogP contribution is -2.31. The van der Waals surface area contributed by atoms with Crippen LogP contribution in [0.4, 0.5) is 16.0 Å². The van der Waals surface area contributed by atoms with Gasteiger partial charge in [-0.25, -0.2) is 9.07 Å². The molecule has 0 saturated heterocycles. The number of hydrogen-bond donors (Lipinski definition) is 2. The third-order valence-corrected chi connectivity index (χ3v) is 7.20. The second kappa shape index (κ2) is 12.3. The first-order valence-corrected chi connectivity index (χ1v) is 14.0. The van der Waals surface area contributed by atoms with Crippen LogP contribution >= 0.6 is 11.8 Å². The predicted octanol–water partition coefficient (Wildman–Crippen LogP) is 6.43. The summed E-state index contributed by atoms with van der Waals surface area (Å²) in [7, 11) is 0. The molecule has 0 fully saturated rings. The van der Waals surface area contributed by atoms with Crippen LogP contribution in [0.3, 0.4) is 0 Å². The lowest BCUT2D eigenvalue weighted by molar-refractivity contribution is -0.113. The van der Waals surface area contributed by atoms with E-state index < -0.39 is 6.04 Å². The van der Waals surface area contributed by atoms with Crippen molar-refractivity contribution in [1.82, 2.24) is 14.8 Å². The van der Waals surface area contributed by atoms with Gasteiger partial charge in [-0.2, -0.15) is 4.98 Å². The zero-order valence-corrected chi connectivity index (χ0v) is 23.3. The molecule has 0 bridgehead atoms. The van der Waals surface area contributed by atoms with E-state index >= 15 is 0 Å². The third kappa shape index (κ3) is 5.81. The molecular weight excluding hydrogens is 529 g/mol. The largest absolute Gasteiger partial charge is 0.494 e. The van der Waals surface area contributed by atoms with Gasteiger partial charge in [0.05, 0.1) is 24.5 Å². The van der Waals surface area contributed by atoms with Crippen molar-refractivity contribution in [2.24, 2.45) is 0 Å². The van der Waals surface area contributed by atoms with E-state index in [1.54, 1.807) is 28.9 Å². The molecule has 8 nitrogen and oxygen atoms in total. The van der Waals surface area contributed by atoms with Gasteiger partial charge in [0.2, 0.25) is 11.1 Å². The zero-order chi connectivity index (χ0) is 28.1. The Labute approximate surface area is 236 Å². The van der Waals surface area contributed by atoms with E-state index in [1.165, 1.54) is 17.8 Å². The van der Waals surface area contributed by atoms with Crippen molar-refractivity contribution in [3.05, 3.63) is 101 Å². The Kier molecular flexibility index (Phi) is 8.35. The van der Waals surface area contributed by atoms with E-state index in [0.29, 0.717) is 64.1 Å². The molecule has 0 radical (unpaired) electrons. The molecule has 4 aromatic rings. The van der Waals surface area contributed by atoms with Gasteiger partial charge in [-0.15, -0.1) is 5.10 Å². The van der Waals surface area contributed by atoms with Crippen LogP contribution in [0.25, 0.3) is 0 Å². The van der Waals surface area contributed by atoms with Crippen molar-refractivity contribution in [1.29, 1.82) is 0 Å². The molecule has 0 aliphatic carbocycles. The fourth-order valence-corrected chi connectivity index (χ4v) is 5.35. The standard InChI is InChI=1S/C30H30FN5O3S/c1-4-38-22-13-10-12-20(17-22)27-26(28(37)33-24-15-8-9-16-25(24)39-5-2)19(3)32-29-34-30(35-36(27)29)40-18-21-11-6-7-14-23(21)31/h6-17,27H,4-5,18H2,1-3H3,(H,33,37)(H,32,34,35). The molecule has 5 rings (SSSR count). The summed E-state index contributed by atoms with van der Waals surface area (Å²) in [5, 5.41) is 11.5. The van der Waals surface area contributed by atoms with Crippen LogP contribution in [0, 0.1) is 5.82 Å². The van der Waals surface area contributed by atoms with Gasteiger partial charge in [0, 0.05) is 11.4 Å². The number of amides is 1. The van der Waals surface area contributed by atoms with Gasteiger partial charge in [-0.3, -0.25) is 4.79 Å². The highest BCUT2D eigenvalue weighted by Crippen LogP contribution is 2.38. The number of ether oxygens (including phenoxy) is 2. The second-order valence-corrected chi connectivity index (χ2v) is 9.94. The predicted molar refractivity (Wildman–Crippen MR) is 154 cm³/mol. The summed E-state index contributed by atoms with van der Waals surface area (Å²) in [5.74, 6) is 1.56. The van der Waals surface area contributed by atoms with Crippen molar-refractivity contribution in [3.63, 3.8) is 0 Å². The average molecular weight is 560 g/mol. The SMILES string of the molecule is CCOc1cccc(C2C(C(=O)Nc3ccccc3OCC)=C(C)Nc3nc(SCc4ccccc4F)nn32)c1. The topological polar surface area (TPSA) is 90.3 Å². The van der Waals surface area contributed by atoms with E-state index in [4.69, 9.17) is 14.6 Å². The van der Waals surface area contributed by atoms with Crippen molar-refractivity contribution in [3.8, 4) is 11.5 Å². The Bertz CT molecular complexity index is 1550. The maximum absolute atomic E-state index is 14.2. The highest BCUT2D eigenvalue weighted by molar-refractivity contribution is 7.98. The Morgan fingerprint density at radius 1 is 1.05 bits per heavy atom. The molecule has 206 valence electrons. The maximum Gasteiger partial charge on any atom is 0.255 e. The number of para-hydroxylation sites is 2. The molecule has 1 atom stereocenters. The molecule has 1 aliphatic rings. The number of carbonyl (C=O) groups excluding carboxylic acids is 1. The second-order valence-electron chi connectivity index (χ2n) is 9.00. The molecule has 1 unspecified atom stereocenters. The number of allylic oxidation sites excluding steroid dienone is 1. The average Bonchev–Trinajstić information content (AvgIpc) is 3.35. The lowest BCUT2D eigenvalue weighted by Gasteiger charge is -2.29. The van der Waals surface area contributed by atoms with Gasteiger partial charge < -0.3 is 20.1 Å². The number of anilines is 2. The molecular formula is C30H30FN5O3S. The van der Waals surface area contributed by atoms with Crippen LogP contribution < -0.4 is 20.1 Å². The first-order valence-electron chi connectivity index (χ1n) is 13.0. The van der Waals surface area contributed by atoms with E-state index in [0.717, 1.165) is 5.56 Å². The van der Waals surface area contributed by atoms with Crippen LogP contribution in [-0.4, -0.2) is 33.9 Å². The summed E-state index contributed by atoms with van der Waals surface area (Å²) in [5.41, 5.74) is 3.07. The Balaban J connectivity index is 1.51. The minimum absolute atomic E-state index is 0.272. The zero-order valence-electron chi connectivity index (χ0n) is 22.5. The Morgan fingerprint density at radius 3 is 2.62 bits per heavy atom. The number of hydrogen-bond acceptors (Lipinski definition) is 7. The summed E-state index contributed by atoms with van der Waals surface area (Å²) in [4.78, 5) is 18.6. The van der Waals surface area contributed by atoms with E-state index in [1.807, 2.05) is 63.2 Å². The molecule has 1 amide bonds. The molecule has 0 spiro atoms. The molecule has 1 aromatic heterocycles. The lowest BCUT2D eigenvalue weighted by atomic mass is 9.94. The monoisotopic (exact) mass is 559 g/mol. The van der Waals surface area contributed by atoms with Crippen LogP contribution in [0.5, 0.6) is 11.5 Å². The van der Waals surface area contributed by atoms with Crippen molar-refractivity contribution in [2.75, 3.05) is 23.8 Å². The third-order valence-electron chi connectivity index (χ3n) is 6.31. The van der Waals surface area contributed by atoms with Crippen molar-refractivity contribution < 1.29 is 18.7 Å². The highest BCUT2D eigenvalue weighted by atomic mass is 32.2. The number of carbonyl (C=O) groups is 1. The van der Waals surface area contributed by atoms with Gasteiger partial charge in [0.25, 0.3) is 5.91 Å². The van der Waals surface area contributed by atoms with E-state index in [-0.39, 0.29) is 11.7 Å². The molecule has 10 heteroatoms. The fraction of sp³-hybridized carbons (Fsp3) is 0.233. The van der Waals surface area contributed by atoms with Gasteiger partial charge in [0.15, 0.2) is 0 Å². The quantitative estimate of drug-likeness (QED) is 0.216. The summed E-state index contributed by atoms with van der Waals surface area (Å²) in [6.07, 6.45) is 0. The Morgan fingerprint density at radius 2 is 1.82 bits per heavy atom. The summed E-state index contributed by atoms with van der Waals surface area (Å²) >= 11 is 1.33. The number of halogens is 1. The van der Waals surface area contributed by atoms with Gasteiger partial charge in [-0.05, 0) is 62.2 Å². The number of benzene rings is 3. The minimum Gasteiger partial charge on any atom is -0.494 e. The number of aromatic nitrogens is 3. The summed E-state index contributed by atoms with van der Waals surface area (Å²) in [6.45, 7) is 6.64. The van der Waals surface area contributed by atoms with Gasteiger partial charge in [-0.1, -0.05) is 54.2 Å².